The molecule has 2 heterocycles. The lowest BCUT2D eigenvalue weighted by atomic mass is 9.41. The number of pyridine rings is 1. The first-order valence-electron chi connectivity index (χ1n) is 14.2. The summed E-state index contributed by atoms with van der Waals surface area (Å²) in [7, 11) is 0. The monoisotopic (exact) mass is 509 g/mol. The van der Waals surface area contributed by atoms with Crippen molar-refractivity contribution in [2.75, 3.05) is 6.61 Å². The Kier molecular flexibility index (Phi) is 6.09. The molecule has 2 aromatic rings. The summed E-state index contributed by atoms with van der Waals surface area (Å²) in [4.78, 5) is 25.6. The van der Waals surface area contributed by atoms with Gasteiger partial charge in [-0.05, 0) is 99.2 Å². The zero-order chi connectivity index (χ0) is 26.0. The van der Waals surface area contributed by atoms with E-state index in [1.807, 2.05) is 6.92 Å². The second-order valence-electron chi connectivity index (χ2n) is 13.3. The van der Waals surface area contributed by atoms with Crippen molar-refractivity contribution in [3.8, 4) is 5.88 Å². The van der Waals surface area contributed by atoms with Crippen LogP contribution in [0.15, 0.2) is 18.6 Å². The number of aromatic nitrogens is 3. The van der Waals surface area contributed by atoms with Crippen LogP contribution in [0.3, 0.4) is 0 Å². The molecule has 4 aliphatic carbocycles. The number of hydrogen-bond donors (Lipinski definition) is 1. The van der Waals surface area contributed by atoms with Crippen LogP contribution in [0.25, 0.3) is 10.9 Å². The van der Waals surface area contributed by atoms with Crippen molar-refractivity contribution in [1.82, 2.24) is 15.0 Å². The van der Waals surface area contributed by atoms with Crippen molar-refractivity contribution in [1.29, 1.82) is 0 Å². The van der Waals surface area contributed by atoms with Crippen molar-refractivity contribution in [2.45, 2.75) is 90.6 Å². The van der Waals surface area contributed by atoms with E-state index in [0.29, 0.717) is 40.0 Å². The highest BCUT2D eigenvalue weighted by atomic mass is 19.1. The molecule has 0 aromatic carbocycles. The molecule has 200 valence electrons. The fraction of sp³-hybridized carbons (Fsp3) is 0.733. The topological polar surface area (TPSA) is 85.2 Å². The van der Waals surface area contributed by atoms with Gasteiger partial charge >= 0.3 is 0 Å². The van der Waals surface area contributed by atoms with Crippen LogP contribution in [0.5, 0.6) is 5.88 Å². The fourth-order valence-electron chi connectivity index (χ4n) is 9.42. The first-order chi connectivity index (χ1) is 17.6. The molecule has 0 amide bonds. The molecule has 6 rings (SSSR count). The SMILES string of the molecule is C[C@@]1(O)CC[C@@]2(C)[C@@H](CC[C@H]3C4CCC[C@H](C(=O)COc5ncnc6cnc(F)cc56)[C@@]4(C)CC[C@@H]32)C1. The van der Waals surface area contributed by atoms with Crippen molar-refractivity contribution in [3.63, 3.8) is 0 Å². The van der Waals surface area contributed by atoms with E-state index in [2.05, 4.69) is 28.8 Å². The van der Waals surface area contributed by atoms with Crippen molar-refractivity contribution >= 4 is 16.7 Å². The number of fused-ring (bicyclic) bond motifs is 6. The summed E-state index contributed by atoms with van der Waals surface area (Å²) in [6.45, 7) is 6.85. The first kappa shape index (κ1) is 25.1. The molecule has 0 bridgehead atoms. The third kappa shape index (κ3) is 4.16. The van der Waals surface area contributed by atoms with Crippen LogP contribution >= 0.6 is 0 Å². The summed E-state index contributed by atoms with van der Waals surface area (Å²) in [5.41, 5.74) is 0.285. The Morgan fingerprint density at radius 2 is 1.84 bits per heavy atom. The molecule has 37 heavy (non-hydrogen) atoms. The smallest absolute Gasteiger partial charge is 0.225 e. The van der Waals surface area contributed by atoms with Crippen LogP contribution in [0.2, 0.25) is 0 Å². The van der Waals surface area contributed by atoms with Gasteiger partial charge < -0.3 is 9.84 Å². The number of hydrogen-bond acceptors (Lipinski definition) is 6. The van der Waals surface area contributed by atoms with E-state index in [-0.39, 0.29) is 29.6 Å². The third-order valence-electron chi connectivity index (χ3n) is 11.4. The molecule has 4 aliphatic rings. The number of rotatable bonds is 4. The number of aliphatic hydroxyl groups is 1. The second kappa shape index (κ2) is 8.96. The van der Waals surface area contributed by atoms with Crippen LogP contribution in [0.4, 0.5) is 4.39 Å². The number of nitrogens with zero attached hydrogens (tertiary/aromatic N) is 3. The summed E-state index contributed by atoms with van der Waals surface area (Å²) in [6.07, 6.45) is 13.6. The Morgan fingerprint density at radius 1 is 1.03 bits per heavy atom. The van der Waals surface area contributed by atoms with Crippen molar-refractivity contribution < 1.29 is 19.0 Å². The van der Waals surface area contributed by atoms with Gasteiger partial charge in [-0.25, -0.2) is 15.0 Å². The highest BCUT2D eigenvalue weighted by Crippen LogP contribution is 2.67. The number of carbonyl (C=O) groups is 1. The van der Waals surface area contributed by atoms with Gasteiger partial charge in [0.25, 0.3) is 0 Å². The molecule has 0 saturated heterocycles. The summed E-state index contributed by atoms with van der Waals surface area (Å²) < 4.78 is 19.7. The molecule has 0 radical (unpaired) electrons. The fourth-order valence-corrected chi connectivity index (χ4v) is 9.42. The van der Waals surface area contributed by atoms with Crippen molar-refractivity contribution in [3.05, 3.63) is 24.5 Å². The van der Waals surface area contributed by atoms with E-state index in [0.717, 1.165) is 38.5 Å². The molecule has 6 nitrogen and oxygen atoms in total. The second-order valence-corrected chi connectivity index (χ2v) is 13.3. The summed E-state index contributed by atoms with van der Waals surface area (Å²) >= 11 is 0. The molecule has 1 unspecified atom stereocenters. The molecule has 4 saturated carbocycles. The highest BCUT2D eigenvalue weighted by Gasteiger charge is 2.60. The molecule has 8 atom stereocenters. The molecule has 7 heteroatoms. The van der Waals surface area contributed by atoms with Crippen LogP contribution in [-0.2, 0) is 4.79 Å². The largest absolute Gasteiger partial charge is 0.469 e. The Bertz CT molecular complexity index is 1200. The van der Waals surface area contributed by atoms with Gasteiger partial charge in [0, 0.05) is 12.0 Å². The lowest BCUT2D eigenvalue weighted by Crippen LogP contribution is -2.58. The zero-order valence-electron chi connectivity index (χ0n) is 22.4. The number of ether oxygens (including phenoxy) is 1. The Labute approximate surface area is 218 Å². The van der Waals surface area contributed by atoms with Gasteiger partial charge in [0.1, 0.15) is 12.9 Å². The van der Waals surface area contributed by atoms with E-state index in [4.69, 9.17) is 4.74 Å². The van der Waals surface area contributed by atoms with E-state index in [9.17, 15) is 14.3 Å². The van der Waals surface area contributed by atoms with E-state index < -0.39 is 11.5 Å². The minimum atomic E-state index is -0.622. The third-order valence-corrected chi connectivity index (χ3v) is 11.4. The average Bonchev–Trinajstić information content (AvgIpc) is 2.86. The van der Waals surface area contributed by atoms with Crippen LogP contribution in [0, 0.1) is 46.4 Å². The quantitative estimate of drug-likeness (QED) is 0.516. The normalized spacial score (nSPS) is 41.4. The number of carbonyl (C=O) groups excluding carboxylic acids is 1. The number of ketones is 1. The Morgan fingerprint density at radius 3 is 2.68 bits per heavy atom. The lowest BCUT2D eigenvalue weighted by Gasteiger charge is -2.64. The Balaban J connectivity index is 1.19. The van der Waals surface area contributed by atoms with Gasteiger partial charge in [-0.1, -0.05) is 20.3 Å². The predicted molar refractivity (Wildman–Crippen MR) is 138 cm³/mol. The molecule has 1 N–H and O–H groups in total. The summed E-state index contributed by atoms with van der Waals surface area (Å²) in [6, 6.07) is 1.26. The van der Waals surface area contributed by atoms with Crippen molar-refractivity contribution in [2.24, 2.45) is 40.4 Å². The maximum absolute atomic E-state index is 13.7. The number of halogens is 1. The molecule has 0 spiro atoms. The van der Waals surface area contributed by atoms with Crippen LogP contribution in [0.1, 0.15) is 85.0 Å². The van der Waals surface area contributed by atoms with Gasteiger partial charge in [0.2, 0.25) is 11.8 Å². The minimum Gasteiger partial charge on any atom is -0.469 e. The summed E-state index contributed by atoms with van der Waals surface area (Å²) in [5.74, 6) is 2.27. The van der Waals surface area contributed by atoms with E-state index in [1.54, 1.807) is 0 Å². The summed E-state index contributed by atoms with van der Waals surface area (Å²) in [5, 5.41) is 11.2. The van der Waals surface area contributed by atoms with Gasteiger partial charge in [-0.2, -0.15) is 4.39 Å². The standard InChI is InChI=1S/C30H40FN3O3/c1-28(36)11-12-29(2)18(14-28)7-8-19-21-5-4-6-23(30(21,3)10-9-22(19)29)25(35)16-37-27-20-13-26(31)32-15-24(20)33-17-34-27/h13,15,17-19,21-23,36H,4-12,14,16H2,1-3H3/t18-,19-,21?,22-,23+,28+,29-,30-/m0/s1. The van der Waals surface area contributed by atoms with Gasteiger partial charge in [0.05, 0.1) is 22.7 Å². The molecular formula is C30H40FN3O3. The Hall–Kier alpha value is -2.15. The predicted octanol–water partition coefficient (Wildman–Crippen LogP) is 5.91. The molecule has 2 aromatic heterocycles. The average molecular weight is 510 g/mol. The van der Waals surface area contributed by atoms with Crippen LogP contribution < -0.4 is 4.74 Å². The van der Waals surface area contributed by atoms with E-state index >= 15 is 0 Å². The van der Waals surface area contributed by atoms with Crippen LogP contribution in [-0.4, -0.2) is 38.0 Å². The van der Waals surface area contributed by atoms with Gasteiger partial charge in [-0.3, -0.25) is 4.79 Å². The maximum atomic E-state index is 13.7. The maximum Gasteiger partial charge on any atom is 0.225 e. The lowest BCUT2D eigenvalue weighted by molar-refractivity contribution is -0.169. The van der Waals surface area contributed by atoms with Gasteiger partial charge in [0.15, 0.2) is 5.78 Å². The number of Topliss-reactive ketones (excluding diaryl/α,β-unsaturated/α-hetero) is 1. The minimum absolute atomic E-state index is 0.00696. The zero-order valence-corrected chi connectivity index (χ0v) is 22.4. The molecule has 0 aliphatic heterocycles. The molecular weight excluding hydrogens is 469 g/mol. The van der Waals surface area contributed by atoms with Gasteiger partial charge in [-0.15, -0.1) is 0 Å². The molecule has 4 fully saturated rings. The van der Waals surface area contributed by atoms with E-state index in [1.165, 1.54) is 44.3 Å². The highest BCUT2D eigenvalue weighted by molar-refractivity contribution is 5.85. The first-order valence-corrected chi connectivity index (χ1v) is 14.2.